The number of aromatic nitrogens is 1. The highest BCUT2D eigenvalue weighted by Gasteiger charge is 2.14. The maximum atomic E-state index is 10.7. The molecule has 0 aromatic carbocycles. The predicted octanol–water partition coefficient (Wildman–Crippen LogP) is 3.20. The van der Waals surface area contributed by atoms with Gasteiger partial charge in [0.15, 0.2) is 0 Å². The fraction of sp³-hybridized carbons (Fsp3) is 0.455. The number of carbonyl (C=O) groups is 1. The van der Waals surface area contributed by atoms with E-state index >= 15 is 0 Å². The van der Waals surface area contributed by atoms with Gasteiger partial charge in [-0.05, 0) is 6.07 Å². The van der Waals surface area contributed by atoms with Gasteiger partial charge in [-0.3, -0.25) is 5.32 Å². The summed E-state index contributed by atoms with van der Waals surface area (Å²) in [5.41, 5.74) is 0.909. The molecule has 0 saturated heterocycles. The highest BCUT2D eigenvalue weighted by atomic mass is 16.5. The third-order valence-corrected chi connectivity index (χ3v) is 1.47. The molecular weight excluding hydrogens is 192 g/mol. The van der Waals surface area contributed by atoms with Crippen LogP contribution in [0.15, 0.2) is 18.3 Å². The second-order valence-corrected chi connectivity index (χ2v) is 2.21. The number of nitrogens with one attached hydrogen (secondary N) is 1. The van der Waals surface area contributed by atoms with Gasteiger partial charge in [0.05, 0.1) is 0 Å². The SMILES string of the molecule is CC.CC.O=C1Nc2ncccc2CO1. The van der Waals surface area contributed by atoms with Crippen molar-refractivity contribution in [2.45, 2.75) is 34.3 Å². The molecule has 15 heavy (non-hydrogen) atoms. The van der Waals surface area contributed by atoms with Gasteiger partial charge in [0.1, 0.15) is 12.4 Å². The van der Waals surface area contributed by atoms with Gasteiger partial charge in [-0.25, -0.2) is 9.78 Å². The van der Waals surface area contributed by atoms with Crippen LogP contribution in [0.5, 0.6) is 0 Å². The van der Waals surface area contributed by atoms with Crippen LogP contribution in [0.4, 0.5) is 10.6 Å². The average molecular weight is 210 g/mol. The molecular formula is C11H18N2O2. The van der Waals surface area contributed by atoms with E-state index in [0.29, 0.717) is 12.4 Å². The summed E-state index contributed by atoms with van der Waals surface area (Å²) >= 11 is 0. The zero-order valence-electron chi connectivity index (χ0n) is 9.70. The van der Waals surface area contributed by atoms with Crippen LogP contribution in [0.3, 0.4) is 0 Å². The lowest BCUT2D eigenvalue weighted by Crippen LogP contribution is -2.20. The summed E-state index contributed by atoms with van der Waals surface area (Å²) in [5.74, 6) is 0.601. The summed E-state index contributed by atoms with van der Waals surface area (Å²) in [6, 6.07) is 3.67. The lowest BCUT2D eigenvalue weighted by Gasteiger charge is -2.14. The Morgan fingerprint density at radius 3 is 2.67 bits per heavy atom. The van der Waals surface area contributed by atoms with Crippen molar-refractivity contribution in [3.8, 4) is 0 Å². The molecule has 2 heterocycles. The van der Waals surface area contributed by atoms with Crippen LogP contribution in [-0.4, -0.2) is 11.1 Å². The number of cyclic esters (lactones) is 1. The molecule has 0 saturated carbocycles. The topological polar surface area (TPSA) is 51.2 Å². The largest absolute Gasteiger partial charge is 0.444 e. The zero-order chi connectivity index (χ0) is 11.7. The van der Waals surface area contributed by atoms with Gasteiger partial charge >= 0.3 is 6.09 Å². The first-order chi connectivity index (χ1) is 7.36. The molecule has 1 aliphatic rings. The molecule has 1 aromatic rings. The van der Waals surface area contributed by atoms with Gasteiger partial charge in [-0.15, -0.1) is 0 Å². The first kappa shape index (κ1) is 13.4. The van der Waals surface area contributed by atoms with Gasteiger partial charge in [-0.1, -0.05) is 33.8 Å². The molecule has 2 rings (SSSR count). The van der Waals surface area contributed by atoms with Crippen molar-refractivity contribution in [1.29, 1.82) is 0 Å². The van der Waals surface area contributed by atoms with E-state index in [1.54, 1.807) is 12.3 Å². The summed E-state index contributed by atoms with van der Waals surface area (Å²) in [7, 11) is 0. The molecule has 0 unspecified atom stereocenters. The van der Waals surface area contributed by atoms with Crippen LogP contribution in [0.1, 0.15) is 33.3 Å². The molecule has 0 fully saturated rings. The summed E-state index contributed by atoms with van der Waals surface area (Å²) in [4.78, 5) is 14.6. The Bertz CT molecular complexity index is 300. The monoisotopic (exact) mass is 210 g/mol. The standard InChI is InChI=1S/C7H6N2O2.2C2H6/c10-7-9-6-5(4-11-7)2-1-3-8-6;2*1-2/h1-3H,4H2,(H,8,9,10);2*1-2H3. The first-order valence-electron chi connectivity index (χ1n) is 5.24. The normalized spacial score (nSPS) is 11.6. The van der Waals surface area contributed by atoms with Gasteiger partial charge in [-0.2, -0.15) is 0 Å². The molecule has 0 bridgehead atoms. The Morgan fingerprint density at radius 2 is 2.00 bits per heavy atom. The Hall–Kier alpha value is -1.58. The highest BCUT2D eigenvalue weighted by Crippen LogP contribution is 2.16. The maximum absolute atomic E-state index is 10.7. The minimum absolute atomic E-state index is 0.314. The number of anilines is 1. The smallest absolute Gasteiger partial charge is 0.413 e. The quantitative estimate of drug-likeness (QED) is 0.715. The molecule has 1 N–H and O–H groups in total. The van der Waals surface area contributed by atoms with Crippen molar-refractivity contribution in [1.82, 2.24) is 4.98 Å². The molecule has 1 aliphatic heterocycles. The Kier molecular flexibility index (Phi) is 6.97. The lowest BCUT2D eigenvalue weighted by molar-refractivity contribution is 0.151. The number of fused-ring (bicyclic) bond motifs is 1. The van der Waals surface area contributed by atoms with Crippen molar-refractivity contribution in [2.75, 3.05) is 5.32 Å². The third kappa shape index (κ3) is 3.97. The Labute approximate surface area is 90.7 Å². The van der Waals surface area contributed by atoms with Crippen molar-refractivity contribution >= 4 is 11.9 Å². The summed E-state index contributed by atoms with van der Waals surface area (Å²) in [6.45, 7) is 8.31. The number of ether oxygens (including phenoxy) is 1. The fourth-order valence-electron chi connectivity index (χ4n) is 0.944. The van der Waals surface area contributed by atoms with Gasteiger partial charge in [0.25, 0.3) is 0 Å². The summed E-state index contributed by atoms with van der Waals surface area (Å²) < 4.78 is 4.71. The van der Waals surface area contributed by atoms with Gasteiger partial charge < -0.3 is 4.74 Å². The molecule has 0 spiro atoms. The number of nitrogens with zero attached hydrogens (tertiary/aromatic N) is 1. The number of pyridine rings is 1. The van der Waals surface area contributed by atoms with Crippen LogP contribution in [0.2, 0.25) is 0 Å². The number of hydrogen-bond donors (Lipinski definition) is 1. The Morgan fingerprint density at radius 1 is 1.33 bits per heavy atom. The van der Waals surface area contributed by atoms with E-state index < -0.39 is 6.09 Å². The zero-order valence-corrected chi connectivity index (χ0v) is 9.70. The Balaban J connectivity index is 0.000000442. The first-order valence-corrected chi connectivity index (χ1v) is 5.24. The third-order valence-electron chi connectivity index (χ3n) is 1.47. The fourth-order valence-corrected chi connectivity index (χ4v) is 0.944. The van der Waals surface area contributed by atoms with Crippen LogP contribution in [0.25, 0.3) is 0 Å². The van der Waals surface area contributed by atoms with E-state index in [9.17, 15) is 4.79 Å². The van der Waals surface area contributed by atoms with E-state index in [1.165, 1.54) is 0 Å². The van der Waals surface area contributed by atoms with Crippen molar-refractivity contribution < 1.29 is 9.53 Å². The number of rotatable bonds is 0. The molecule has 4 nitrogen and oxygen atoms in total. The second-order valence-electron chi connectivity index (χ2n) is 2.21. The average Bonchev–Trinajstić information content (AvgIpc) is 2.34. The number of amides is 1. The van der Waals surface area contributed by atoms with Crippen LogP contribution in [0, 0.1) is 0 Å². The van der Waals surface area contributed by atoms with Crippen LogP contribution >= 0.6 is 0 Å². The second kappa shape index (κ2) is 7.79. The van der Waals surface area contributed by atoms with Gasteiger partial charge in [0.2, 0.25) is 0 Å². The minimum atomic E-state index is -0.434. The van der Waals surface area contributed by atoms with Crippen LogP contribution in [-0.2, 0) is 11.3 Å². The van der Waals surface area contributed by atoms with E-state index in [-0.39, 0.29) is 0 Å². The van der Waals surface area contributed by atoms with Crippen LogP contribution < -0.4 is 5.32 Å². The molecule has 4 heteroatoms. The number of hydrogen-bond acceptors (Lipinski definition) is 3. The van der Waals surface area contributed by atoms with Crippen molar-refractivity contribution in [2.24, 2.45) is 0 Å². The number of carbonyl (C=O) groups excluding carboxylic acids is 1. The van der Waals surface area contributed by atoms with E-state index in [1.807, 2.05) is 33.8 Å². The predicted molar refractivity (Wildman–Crippen MR) is 60.7 cm³/mol. The molecule has 1 aromatic heterocycles. The minimum Gasteiger partial charge on any atom is -0.444 e. The van der Waals surface area contributed by atoms with Crippen molar-refractivity contribution in [3.05, 3.63) is 23.9 Å². The lowest BCUT2D eigenvalue weighted by atomic mass is 10.2. The molecule has 0 radical (unpaired) electrons. The van der Waals surface area contributed by atoms with Crippen molar-refractivity contribution in [3.63, 3.8) is 0 Å². The van der Waals surface area contributed by atoms with E-state index in [4.69, 9.17) is 4.74 Å². The maximum Gasteiger partial charge on any atom is 0.413 e. The molecule has 0 atom stereocenters. The van der Waals surface area contributed by atoms with E-state index in [0.717, 1.165) is 5.56 Å². The summed E-state index contributed by atoms with van der Waals surface area (Å²) in [5, 5.41) is 2.49. The molecule has 1 amide bonds. The highest BCUT2D eigenvalue weighted by molar-refractivity contribution is 5.85. The van der Waals surface area contributed by atoms with Gasteiger partial charge in [0, 0.05) is 11.8 Å². The molecule has 0 aliphatic carbocycles. The summed E-state index contributed by atoms with van der Waals surface area (Å²) in [6.07, 6.45) is 1.20. The molecule has 84 valence electrons. The van der Waals surface area contributed by atoms with E-state index in [2.05, 4.69) is 10.3 Å².